The lowest BCUT2D eigenvalue weighted by atomic mass is 10.3. The Labute approximate surface area is 131 Å². The van der Waals surface area contributed by atoms with Gasteiger partial charge in [0.1, 0.15) is 13.2 Å². The molecule has 0 bridgehead atoms. The van der Waals surface area contributed by atoms with Gasteiger partial charge in [-0.15, -0.1) is 0 Å². The number of hydrogen-bond acceptors (Lipinski definition) is 6. The lowest BCUT2D eigenvalue weighted by Crippen LogP contribution is -2.23. The van der Waals surface area contributed by atoms with Gasteiger partial charge in [0.25, 0.3) is 10.0 Å². The number of ether oxygens (including phenoxy) is 2. The fourth-order valence-electron chi connectivity index (χ4n) is 1.30. The van der Waals surface area contributed by atoms with Crippen LogP contribution in [0.4, 0.5) is 15.3 Å². The topological polar surface area (TPSA) is 160 Å². The quantitative estimate of drug-likeness (QED) is 0.345. The minimum absolute atomic E-state index is 0.115. The molecule has 1 aromatic carbocycles. The summed E-state index contributed by atoms with van der Waals surface area (Å²) >= 11 is 0. The molecule has 0 saturated heterocycles. The van der Waals surface area contributed by atoms with Crippen molar-refractivity contribution in [1.29, 1.82) is 0 Å². The Hall–Kier alpha value is -2.98. The predicted molar refractivity (Wildman–Crippen MR) is 78.2 cm³/mol. The second-order valence-electron chi connectivity index (χ2n) is 3.82. The van der Waals surface area contributed by atoms with Gasteiger partial charge < -0.3 is 14.8 Å². The monoisotopic (exact) mass is 343 g/mol. The summed E-state index contributed by atoms with van der Waals surface area (Å²) in [5.74, 6) is 0. The molecule has 124 valence electrons. The zero-order chi connectivity index (χ0) is 17.3. The van der Waals surface area contributed by atoms with E-state index in [0.717, 1.165) is 12.1 Å². The molecular formula is C11H13N5O6S. The van der Waals surface area contributed by atoms with Gasteiger partial charge in [0.2, 0.25) is 0 Å². The summed E-state index contributed by atoms with van der Waals surface area (Å²) in [5.41, 5.74) is 8.43. The van der Waals surface area contributed by atoms with Crippen LogP contribution in [0.5, 0.6) is 0 Å². The van der Waals surface area contributed by atoms with E-state index in [0.29, 0.717) is 0 Å². The first-order valence-electron chi connectivity index (χ1n) is 6.09. The fraction of sp³-hybridized carbons (Fsp3) is 0.273. The Bertz CT molecular complexity index is 711. The average Bonchev–Trinajstić information content (AvgIpc) is 2.51. The summed E-state index contributed by atoms with van der Waals surface area (Å²) in [5, 5.41) is 4.56. The summed E-state index contributed by atoms with van der Waals surface area (Å²) < 4.78 is 34.9. The van der Waals surface area contributed by atoms with E-state index in [-0.39, 0.29) is 23.8 Å². The molecule has 2 amide bonds. The maximum absolute atomic E-state index is 11.4. The first kappa shape index (κ1) is 18.1. The Kier molecular flexibility index (Phi) is 6.65. The number of alkyl carbamates (subject to hydrolysis) is 1. The number of anilines is 1. The SMILES string of the molecule is CNC(=O)OCCOC(=O)Nc1ccc(S(=O)(=O)N=[N+]=[N-])cc1. The summed E-state index contributed by atoms with van der Waals surface area (Å²) in [6, 6.07) is 4.91. The smallest absolute Gasteiger partial charge is 0.411 e. The van der Waals surface area contributed by atoms with Crippen LogP contribution in [0.1, 0.15) is 0 Å². The van der Waals surface area contributed by atoms with E-state index in [1.807, 2.05) is 0 Å². The number of carbonyl (C=O) groups excluding carboxylic acids is 2. The van der Waals surface area contributed by atoms with Gasteiger partial charge in [-0.3, -0.25) is 5.32 Å². The van der Waals surface area contributed by atoms with Crippen molar-refractivity contribution in [3.63, 3.8) is 0 Å². The predicted octanol–water partition coefficient (Wildman–Crippen LogP) is 1.59. The maximum atomic E-state index is 11.4. The second kappa shape index (κ2) is 8.46. The molecule has 0 fully saturated rings. The minimum atomic E-state index is -4.07. The molecule has 12 heteroatoms. The number of azide groups is 1. The molecule has 0 radical (unpaired) electrons. The van der Waals surface area contributed by atoms with Crippen LogP contribution in [-0.4, -0.2) is 40.9 Å². The number of carbonyl (C=O) groups is 2. The largest absolute Gasteiger partial charge is 0.446 e. The number of rotatable bonds is 6. The molecule has 0 atom stereocenters. The van der Waals surface area contributed by atoms with Crippen LogP contribution in [0.2, 0.25) is 0 Å². The number of nitrogens with zero attached hydrogens (tertiary/aromatic N) is 3. The second-order valence-corrected chi connectivity index (χ2v) is 5.40. The van der Waals surface area contributed by atoms with E-state index in [2.05, 4.69) is 24.8 Å². The molecule has 11 nitrogen and oxygen atoms in total. The molecule has 0 spiro atoms. The van der Waals surface area contributed by atoms with Crippen LogP contribution in [0, 0.1) is 0 Å². The molecule has 0 heterocycles. The molecule has 1 rings (SSSR count). The highest BCUT2D eigenvalue weighted by atomic mass is 32.2. The van der Waals surface area contributed by atoms with Gasteiger partial charge in [-0.25, -0.2) is 18.0 Å². The van der Waals surface area contributed by atoms with Gasteiger partial charge >= 0.3 is 12.2 Å². The number of nitrogens with one attached hydrogen (secondary N) is 2. The summed E-state index contributed by atoms with van der Waals surface area (Å²) in [4.78, 5) is 24.2. The van der Waals surface area contributed by atoms with E-state index in [9.17, 15) is 18.0 Å². The number of hydrogen-bond donors (Lipinski definition) is 2. The highest BCUT2D eigenvalue weighted by Crippen LogP contribution is 2.16. The van der Waals surface area contributed by atoms with E-state index in [4.69, 9.17) is 10.3 Å². The van der Waals surface area contributed by atoms with E-state index in [1.165, 1.54) is 19.2 Å². The van der Waals surface area contributed by atoms with Crippen molar-refractivity contribution in [2.45, 2.75) is 4.90 Å². The molecular weight excluding hydrogens is 330 g/mol. The normalized spacial score (nSPS) is 10.1. The molecule has 1 aromatic rings. The first-order valence-corrected chi connectivity index (χ1v) is 7.53. The van der Waals surface area contributed by atoms with Crippen molar-refractivity contribution < 1.29 is 27.5 Å². The molecule has 0 aromatic heterocycles. The zero-order valence-corrected chi connectivity index (χ0v) is 12.7. The molecule has 2 N–H and O–H groups in total. The van der Waals surface area contributed by atoms with E-state index in [1.54, 1.807) is 0 Å². The summed E-state index contributed by atoms with van der Waals surface area (Å²) in [6.07, 6.45) is -1.46. The Morgan fingerprint density at radius 2 is 1.74 bits per heavy atom. The van der Waals surface area contributed by atoms with Gasteiger partial charge in [-0.2, -0.15) is 0 Å². The van der Waals surface area contributed by atoms with Crippen LogP contribution in [-0.2, 0) is 19.5 Å². The highest BCUT2D eigenvalue weighted by molar-refractivity contribution is 7.90. The van der Waals surface area contributed by atoms with Crippen LogP contribution in [0.15, 0.2) is 33.7 Å². The molecule has 0 saturated carbocycles. The number of benzene rings is 1. The lowest BCUT2D eigenvalue weighted by molar-refractivity contribution is 0.103. The van der Waals surface area contributed by atoms with Crippen LogP contribution >= 0.6 is 0 Å². The standard InChI is InChI=1S/C11H13N5O6S/c1-13-10(17)21-6-7-22-11(18)14-8-2-4-9(5-3-8)23(19,20)16-15-12/h2-5H,6-7H2,1H3,(H,13,17)(H,14,18). The van der Waals surface area contributed by atoms with Crippen molar-refractivity contribution in [3.05, 3.63) is 34.7 Å². The molecule has 0 aliphatic rings. The van der Waals surface area contributed by atoms with Crippen LogP contribution in [0.3, 0.4) is 0 Å². The van der Waals surface area contributed by atoms with Crippen molar-refractivity contribution >= 4 is 27.9 Å². The Morgan fingerprint density at radius 1 is 1.17 bits per heavy atom. The fourth-order valence-corrected chi connectivity index (χ4v) is 1.97. The van der Waals surface area contributed by atoms with Crippen molar-refractivity contribution in [1.82, 2.24) is 5.32 Å². The van der Waals surface area contributed by atoms with Crippen LogP contribution in [0.25, 0.3) is 10.4 Å². The third-order valence-electron chi connectivity index (χ3n) is 2.30. The van der Waals surface area contributed by atoms with Gasteiger partial charge in [-0.05, 0) is 29.8 Å². The molecule has 0 unspecified atom stereocenters. The van der Waals surface area contributed by atoms with E-state index < -0.39 is 22.2 Å². The van der Waals surface area contributed by atoms with Crippen molar-refractivity contribution in [2.75, 3.05) is 25.6 Å². The highest BCUT2D eigenvalue weighted by Gasteiger charge is 2.12. The molecule has 23 heavy (non-hydrogen) atoms. The first-order chi connectivity index (χ1) is 10.9. The van der Waals surface area contributed by atoms with E-state index >= 15 is 0 Å². The van der Waals surface area contributed by atoms with Gasteiger partial charge in [0.15, 0.2) is 0 Å². The lowest BCUT2D eigenvalue weighted by Gasteiger charge is -2.08. The van der Waals surface area contributed by atoms with Crippen molar-refractivity contribution in [2.24, 2.45) is 4.52 Å². The summed E-state index contributed by atoms with van der Waals surface area (Å²) in [7, 11) is -2.68. The average molecular weight is 343 g/mol. The van der Waals surface area contributed by atoms with Crippen LogP contribution < -0.4 is 10.6 Å². The Morgan fingerprint density at radius 3 is 2.26 bits per heavy atom. The third-order valence-corrected chi connectivity index (χ3v) is 3.45. The Balaban J connectivity index is 2.50. The number of sulfonamides is 1. The minimum Gasteiger partial charge on any atom is -0.446 e. The zero-order valence-electron chi connectivity index (χ0n) is 11.9. The van der Waals surface area contributed by atoms with Gasteiger partial charge in [0, 0.05) is 22.2 Å². The third kappa shape index (κ3) is 6.11. The molecule has 0 aliphatic heterocycles. The number of amides is 2. The maximum Gasteiger partial charge on any atom is 0.411 e. The van der Waals surface area contributed by atoms with Crippen molar-refractivity contribution in [3.8, 4) is 0 Å². The van der Waals surface area contributed by atoms with Gasteiger partial charge in [-0.1, -0.05) is 0 Å². The summed E-state index contributed by atoms with van der Waals surface area (Å²) in [6.45, 7) is -0.265. The van der Waals surface area contributed by atoms with Gasteiger partial charge in [0.05, 0.1) is 4.90 Å². The molecule has 0 aliphatic carbocycles.